The Morgan fingerprint density at radius 2 is 2.16 bits per heavy atom. The van der Waals surface area contributed by atoms with Gasteiger partial charge >= 0.3 is 0 Å². The molecule has 1 N–H and O–H groups in total. The summed E-state index contributed by atoms with van der Waals surface area (Å²) in [5.74, 6) is 3.28. The lowest BCUT2D eigenvalue weighted by Crippen LogP contribution is -2.15. The Labute approximate surface area is 121 Å². The topological polar surface area (TPSA) is 21.3 Å². The first-order valence-corrected chi connectivity index (χ1v) is 7.21. The van der Waals surface area contributed by atoms with Gasteiger partial charge in [0.2, 0.25) is 0 Å². The molecule has 104 valence electrons. The first kappa shape index (κ1) is 15.9. The Bertz CT molecular complexity index is 412. The summed E-state index contributed by atoms with van der Waals surface area (Å²) in [5.41, 5.74) is 1.05. The van der Waals surface area contributed by atoms with Crippen LogP contribution in [-0.2, 0) is 6.54 Å². The van der Waals surface area contributed by atoms with Crippen LogP contribution in [0.25, 0.3) is 0 Å². The van der Waals surface area contributed by atoms with Gasteiger partial charge in [-0.3, -0.25) is 0 Å². The average Bonchev–Trinajstić information content (AvgIpc) is 2.42. The molecule has 1 aromatic rings. The molecule has 0 spiro atoms. The summed E-state index contributed by atoms with van der Waals surface area (Å²) in [4.78, 5) is 0. The fourth-order valence-corrected chi connectivity index (χ4v) is 2.04. The number of benzene rings is 1. The maximum atomic E-state index is 6.01. The van der Waals surface area contributed by atoms with Crippen molar-refractivity contribution in [1.82, 2.24) is 5.32 Å². The Morgan fingerprint density at radius 3 is 2.89 bits per heavy atom. The van der Waals surface area contributed by atoms with Crippen molar-refractivity contribution >= 4 is 11.6 Å². The van der Waals surface area contributed by atoms with E-state index in [1.165, 1.54) is 25.7 Å². The third kappa shape index (κ3) is 6.52. The summed E-state index contributed by atoms with van der Waals surface area (Å²) < 4.78 is 5.50. The van der Waals surface area contributed by atoms with Gasteiger partial charge < -0.3 is 10.1 Å². The first-order chi connectivity index (χ1) is 9.27. The summed E-state index contributed by atoms with van der Waals surface area (Å²) in [6.45, 7) is 4.27. The quantitative estimate of drug-likeness (QED) is 0.544. The van der Waals surface area contributed by atoms with E-state index >= 15 is 0 Å². The maximum absolute atomic E-state index is 6.01. The molecule has 2 nitrogen and oxygen atoms in total. The molecule has 0 saturated carbocycles. The summed E-state index contributed by atoms with van der Waals surface area (Å²) in [5, 5.41) is 4.13. The van der Waals surface area contributed by atoms with Crippen LogP contribution in [0.5, 0.6) is 5.75 Å². The average molecular weight is 280 g/mol. The molecule has 0 aromatic heterocycles. The molecule has 0 bridgehead atoms. The SMILES string of the molecule is C#CCOc1ccc(Cl)cc1CNCCCCCC. The van der Waals surface area contributed by atoms with Gasteiger partial charge in [-0.1, -0.05) is 43.7 Å². The van der Waals surface area contributed by atoms with Gasteiger partial charge in [0.05, 0.1) is 0 Å². The van der Waals surface area contributed by atoms with Gasteiger partial charge in [-0.2, -0.15) is 0 Å². The molecule has 0 atom stereocenters. The number of ether oxygens (including phenoxy) is 1. The lowest BCUT2D eigenvalue weighted by molar-refractivity contribution is 0.364. The molecule has 0 amide bonds. The van der Waals surface area contributed by atoms with E-state index in [0.29, 0.717) is 0 Å². The van der Waals surface area contributed by atoms with Crippen LogP contribution in [0.4, 0.5) is 0 Å². The van der Waals surface area contributed by atoms with Crippen LogP contribution >= 0.6 is 11.6 Å². The van der Waals surface area contributed by atoms with Gasteiger partial charge in [-0.15, -0.1) is 6.42 Å². The smallest absolute Gasteiger partial charge is 0.148 e. The Morgan fingerprint density at radius 1 is 1.32 bits per heavy atom. The highest BCUT2D eigenvalue weighted by Crippen LogP contribution is 2.22. The Hall–Kier alpha value is -1.17. The second-order valence-corrected chi connectivity index (χ2v) is 4.92. The van der Waals surface area contributed by atoms with Crippen molar-refractivity contribution in [3.05, 3.63) is 28.8 Å². The minimum absolute atomic E-state index is 0.283. The van der Waals surface area contributed by atoms with E-state index in [9.17, 15) is 0 Å². The van der Waals surface area contributed by atoms with Crippen molar-refractivity contribution in [2.24, 2.45) is 0 Å². The van der Waals surface area contributed by atoms with E-state index < -0.39 is 0 Å². The highest BCUT2D eigenvalue weighted by molar-refractivity contribution is 6.30. The summed E-state index contributed by atoms with van der Waals surface area (Å²) in [6, 6.07) is 5.61. The van der Waals surface area contributed by atoms with E-state index in [4.69, 9.17) is 22.8 Å². The molecule has 0 aliphatic carbocycles. The van der Waals surface area contributed by atoms with Crippen LogP contribution < -0.4 is 10.1 Å². The lowest BCUT2D eigenvalue weighted by Gasteiger charge is -2.11. The van der Waals surface area contributed by atoms with Crippen LogP contribution in [0.15, 0.2) is 18.2 Å². The lowest BCUT2D eigenvalue weighted by atomic mass is 10.2. The van der Waals surface area contributed by atoms with Crippen LogP contribution in [0.2, 0.25) is 5.02 Å². The summed E-state index contributed by atoms with van der Waals surface area (Å²) >= 11 is 6.01. The normalized spacial score (nSPS) is 10.2. The number of halogens is 1. The molecule has 1 rings (SSSR count). The zero-order valence-electron chi connectivity index (χ0n) is 11.5. The largest absolute Gasteiger partial charge is 0.481 e. The molecule has 0 fully saturated rings. The number of nitrogens with one attached hydrogen (secondary N) is 1. The molecular weight excluding hydrogens is 258 g/mol. The van der Waals surface area contributed by atoms with Crippen LogP contribution in [0.1, 0.15) is 38.2 Å². The van der Waals surface area contributed by atoms with Crippen molar-refractivity contribution in [1.29, 1.82) is 0 Å². The van der Waals surface area contributed by atoms with Gasteiger partial charge in [0, 0.05) is 17.1 Å². The molecule has 0 unspecified atom stereocenters. The highest BCUT2D eigenvalue weighted by atomic mass is 35.5. The maximum Gasteiger partial charge on any atom is 0.148 e. The predicted molar refractivity (Wildman–Crippen MR) is 81.6 cm³/mol. The standard InChI is InChI=1S/C16H22ClNO/c1-3-5-6-7-10-18-13-14-12-15(17)8-9-16(14)19-11-4-2/h2,8-9,12,18H,3,5-7,10-11,13H2,1H3. The fraction of sp³-hybridized carbons (Fsp3) is 0.500. The summed E-state index contributed by atoms with van der Waals surface area (Å²) in [7, 11) is 0. The van der Waals surface area contributed by atoms with Crippen molar-refractivity contribution in [2.45, 2.75) is 39.2 Å². The molecule has 1 aromatic carbocycles. The molecule has 0 radical (unpaired) electrons. The van der Waals surface area contributed by atoms with Gasteiger partial charge in [0.15, 0.2) is 0 Å². The molecule has 19 heavy (non-hydrogen) atoms. The van der Waals surface area contributed by atoms with Gasteiger partial charge in [0.25, 0.3) is 0 Å². The molecule has 3 heteroatoms. The molecule has 0 saturated heterocycles. The minimum Gasteiger partial charge on any atom is -0.481 e. The van der Waals surface area contributed by atoms with E-state index in [-0.39, 0.29) is 6.61 Å². The fourth-order valence-electron chi connectivity index (χ4n) is 1.85. The number of rotatable bonds is 9. The van der Waals surface area contributed by atoms with E-state index in [1.54, 1.807) is 0 Å². The monoisotopic (exact) mass is 279 g/mol. The second-order valence-electron chi connectivity index (χ2n) is 4.48. The van der Waals surface area contributed by atoms with Gasteiger partial charge in [0.1, 0.15) is 12.4 Å². The summed E-state index contributed by atoms with van der Waals surface area (Å²) in [6.07, 6.45) is 10.3. The first-order valence-electron chi connectivity index (χ1n) is 6.83. The van der Waals surface area contributed by atoms with Crippen molar-refractivity contribution in [2.75, 3.05) is 13.2 Å². The van der Waals surface area contributed by atoms with Crippen molar-refractivity contribution in [3.63, 3.8) is 0 Å². The van der Waals surface area contributed by atoms with Crippen LogP contribution in [-0.4, -0.2) is 13.2 Å². The third-order valence-corrected chi connectivity index (χ3v) is 3.09. The van der Waals surface area contributed by atoms with Crippen LogP contribution in [0.3, 0.4) is 0 Å². The molecule has 0 heterocycles. The van der Waals surface area contributed by atoms with E-state index in [1.807, 2.05) is 18.2 Å². The molecular formula is C16H22ClNO. The zero-order chi connectivity index (χ0) is 13.9. The van der Waals surface area contributed by atoms with Crippen molar-refractivity contribution in [3.8, 4) is 18.1 Å². The molecule has 0 aliphatic rings. The number of hydrogen-bond acceptors (Lipinski definition) is 2. The predicted octanol–water partition coefficient (Wildman–Crippen LogP) is 4.02. The van der Waals surface area contributed by atoms with Crippen LogP contribution in [0, 0.1) is 12.3 Å². The van der Waals surface area contributed by atoms with E-state index in [0.717, 1.165) is 29.4 Å². The second kappa shape index (κ2) is 9.72. The number of terminal acetylenes is 1. The Balaban J connectivity index is 2.42. The van der Waals surface area contributed by atoms with Crippen molar-refractivity contribution < 1.29 is 4.74 Å². The van der Waals surface area contributed by atoms with E-state index in [2.05, 4.69) is 18.2 Å². The Kier molecular flexibility index (Phi) is 8.13. The van der Waals surface area contributed by atoms with Gasteiger partial charge in [-0.25, -0.2) is 0 Å². The highest BCUT2D eigenvalue weighted by Gasteiger charge is 2.04. The minimum atomic E-state index is 0.283. The third-order valence-electron chi connectivity index (χ3n) is 2.86. The number of hydrogen-bond donors (Lipinski definition) is 1. The number of unbranched alkanes of at least 4 members (excludes halogenated alkanes) is 3. The van der Waals surface area contributed by atoms with Gasteiger partial charge in [-0.05, 0) is 31.2 Å². The zero-order valence-corrected chi connectivity index (χ0v) is 12.3. The molecule has 0 aliphatic heterocycles.